The molecular formula is C26H37N. The maximum absolute atomic E-state index is 4.45. The molecule has 2 rings (SSSR count). The molecule has 0 amide bonds. The molecule has 0 aromatic heterocycles. The molecule has 27 heavy (non-hydrogen) atoms. The summed E-state index contributed by atoms with van der Waals surface area (Å²) in [6, 6.07) is 8.67. The molecule has 1 aliphatic rings. The molecule has 0 bridgehead atoms. The second-order valence-electron chi connectivity index (χ2n) is 8.70. The Morgan fingerprint density at radius 3 is 2.56 bits per heavy atom. The fourth-order valence-corrected chi connectivity index (χ4v) is 3.70. The molecule has 146 valence electrons. The fourth-order valence-electron chi connectivity index (χ4n) is 3.70. The predicted molar refractivity (Wildman–Crippen MR) is 120 cm³/mol. The van der Waals surface area contributed by atoms with Gasteiger partial charge in [-0.15, -0.1) is 0 Å². The van der Waals surface area contributed by atoms with Crippen LogP contribution in [0.2, 0.25) is 0 Å². The minimum Gasteiger partial charge on any atom is -0.291 e. The van der Waals surface area contributed by atoms with Crippen molar-refractivity contribution in [1.82, 2.24) is 4.90 Å². The average Bonchev–Trinajstić information content (AvgIpc) is 2.62. The highest BCUT2D eigenvalue weighted by Crippen LogP contribution is 2.35. The van der Waals surface area contributed by atoms with Gasteiger partial charge >= 0.3 is 0 Å². The first-order valence-corrected chi connectivity index (χ1v) is 10.3. The van der Waals surface area contributed by atoms with Crippen LogP contribution in [0.15, 0.2) is 71.9 Å². The summed E-state index contributed by atoms with van der Waals surface area (Å²) in [5.74, 6) is 0. The van der Waals surface area contributed by atoms with E-state index in [1.807, 2.05) is 0 Å². The summed E-state index contributed by atoms with van der Waals surface area (Å²) in [7, 11) is 0. The van der Waals surface area contributed by atoms with E-state index in [1.165, 1.54) is 46.3 Å². The van der Waals surface area contributed by atoms with Crippen LogP contribution in [-0.4, -0.2) is 18.0 Å². The molecule has 0 unspecified atom stereocenters. The molecule has 0 N–H and O–H groups in total. The van der Waals surface area contributed by atoms with E-state index in [1.54, 1.807) is 0 Å². The highest BCUT2D eigenvalue weighted by Gasteiger charge is 2.24. The first-order valence-electron chi connectivity index (χ1n) is 10.3. The minimum atomic E-state index is 0.372. The Hall–Kier alpha value is -1.86. The summed E-state index contributed by atoms with van der Waals surface area (Å²) in [6.07, 6.45) is 7.82. The standard InChI is InChI=1S/C26H37N/c1-8-12-24-19-27(18-23-14-11-10-13-20(23)3)17-22(5)25(24)21(4)15-16-26(6,7)9-2/h8,10-14H,4-5,9,15-19H2,1-3,6-7H3/b12-8-. The van der Waals surface area contributed by atoms with Gasteiger partial charge in [0.15, 0.2) is 0 Å². The summed E-state index contributed by atoms with van der Waals surface area (Å²) in [4.78, 5) is 2.49. The van der Waals surface area contributed by atoms with E-state index in [9.17, 15) is 0 Å². The van der Waals surface area contributed by atoms with Gasteiger partial charge in [0.1, 0.15) is 0 Å². The van der Waals surface area contributed by atoms with Crippen LogP contribution in [0.4, 0.5) is 0 Å². The van der Waals surface area contributed by atoms with Gasteiger partial charge in [-0.05, 0) is 65.5 Å². The molecule has 0 spiro atoms. The zero-order valence-electron chi connectivity index (χ0n) is 18.1. The lowest BCUT2D eigenvalue weighted by Crippen LogP contribution is -2.33. The first-order chi connectivity index (χ1) is 12.8. The summed E-state index contributed by atoms with van der Waals surface area (Å²) in [5, 5.41) is 0. The van der Waals surface area contributed by atoms with E-state index in [0.29, 0.717) is 5.41 Å². The molecule has 1 heterocycles. The number of hydrogen-bond donors (Lipinski definition) is 0. The molecule has 1 aromatic rings. The van der Waals surface area contributed by atoms with Crippen LogP contribution in [0.3, 0.4) is 0 Å². The van der Waals surface area contributed by atoms with Crippen molar-refractivity contribution in [2.45, 2.75) is 60.4 Å². The van der Waals surface area contributed by atoms with E-state index in [2.05, 4.69) is 89.1 Å². The van der Waals surface area contributed by atoms with E-state index in [0.717, 1.165) is 26.1 Å². The minimum absolute atomic E-state index is 0.372. The monoisotopic (exact) mass is 363 g/mol. The summed E-state index contributed by atoms with van der Waals surface area (Å²) in [6.45, 7) is 23.0. The molecule has 0 saturated carbocycles. The smallest absolute Gasteiger partial charge is 0.0246 e. The van der Waals surface area contributed by atoms with Crippen molar-refractivity contribution in [2.75, 3.05) is 13.1 Å². The van der Waals surface area contributed by atoms with Crippen LogP contribution in [0.5, 0.6) is 0 Å². The van der Waals surface area contributed by atoms with E-state index >= 15 is 0 Å². The lowest BCUT2D eigenvalue weighted by molar-refractivity contribution is 0.305. The molecule has 1 aromatic carbocycles. The van der Waals surface area contributed by atoms with Gasteiger partial charge in [-0.1, -0.05) is 76.8 Å². The number of hydrogen-bond acceptors (Lipinski definition) is 1. The normalized spacial score (nSPS) is 16.4. The zero-order chi connectivity index (χ0) is 20.0. The van der Waals surface area contributed by atoms with Gasteiger partial charge < -0.3 is 0 Å². The third-order valence-corrected chi connectivity index (χ3v) is 5.92. The Bertz CT molecular complexity index is 745. The molecule has 1 heteroatoms. The van der Waals surface area contributed by atoms with Crippen LogP contribution < -0.4 is 0 Å². The quantitative estimate of drug-likeness (QED) is 0.480. The second kappa shape index (κ2) is 9.37. The van der Waals surface area contributed by atoms with Gasteiger partial charge in [0, 0.05) is 19.6 Å². The predicted octanol–water partition coefficient (Wildman–Crippen LogP) is 7.01. The molecule has 0 radical (unpaired) electrons. The third kappa shape index (κ3) is 5.81. The zero-order valence-corrected chi connectivity index (χ0v) is 18.1. The molecule has 0 atom stereocenters. The van der Waals surface area contributed by atoms with Gasteiger partial charge in [0.05, 0.1) is 0 Å². The molecule has 1 nitrogen and oxygen atoms in total. The molecule has 0 fully saturated rings. The largest absolute Gasteiger partial charge is 0.291 e. The Kier molecular flexibility index (Phi) is 7.44. The van der Waals surface area contributed by atoms with Crippen molar-refractivity contribution in [2.24, 2.45) is 5.41 Å². The summed E-state index contributed by atoms with van der Waals surface area (Å²) in [5.41, 5.74) is 8.28. The highest BCUT2D eigenvalue weighted by atomic mass is 15.1. The second-order valence-corrected chi connectivity index (χ2v) is 8.70. The van der Waals surface area contributed by atoms with Crippen molar-refractivity contribution in [3.05, 3.63) is 83.0 Å². The number of rotatable bonds is 8. The van der Waals surface area contributed by atoms with Gasteiger partial charge in [-0.3, -0.25) is 4.90 Å². The number of allylic oxidation sites excluding steroid dienone is 2. The van der Waals surface area contributed by atoms with Crippen molar-refractivity contribution >= 4 is 0 Å². The van der Waals surface area contributed by atoms with Crippen LogP contribution in [0.25, 0.3) is 0 Å². The molecule has 0 saturated heterocycles. The van der Waals surface area contributed by atoms with Crippen LogP contribution >= 0.6 is 0 Å². The first kappa shape index (κ1) is 21.4. The van der Waals surface area contributed by atoms with Gasteiger partial charge in [0.25, 0.3) is 0 Å². The van der Waals surface area contributed by atoms with Crippen molar-refractivity contribution in [3.8, 4) is 0 Å². The number of benzene rings is 1. The lowest BCUT2D eigenvalue weighted by Gasteiger charge is -2.33. The summed E-state index contributed by atoms with van der Waals surface area (Å²) >= 11 is 0. The maximum atomic E-state index is 4.45. The average molecular weight is 364 g/mol. The third-order valence-electron chi connectivity index (χ3n) is 5.92. The molecular weight excluding hydrogens is 326 g/mol. The van der Waals surface area contributed by atoms with Gasteiger partial charge in [-0.2, -0.15) is 0 Å². The Balaban J connectivity index is 2.19. The van der Waals surface area contributed by atoms with Crippen molar-refractivity contribution in [3.63, 3.8) is 0 Å². The van der Waals surface area contributed by atoms with Crippen LogP contribution in [0.1, 0.15) is 58.1 Å². The van der Waals surface area contributed by atoms with E-state index in [4.69, 9.17) is 0 Å². The van der Waals surface area contributed by atoms with Crippen molar-refractivity contribution < 1.29 is 0 Å². The number of aryl methyl sites for hydroxylation is 1. The van der Waals surface area contributed by atoms with Crippen molar-refractivity contribution in [1.29, 1.82) is 0 Å². The highest BCUT2D eigenvalue weighted by molar-refractivity contribution is 5.53. The topological polar surface area (TPSA) is 3.24 Å². The lowest BCUT2D eigenvalue weighted by atomic mass is 9.81. The van der Waals surface area contributed by atoms with Gasteiger partial charge in [-0.25, -0.2) is 0 Å². The van der Waals surface area contributed by atoms with Crippen LogP contribution in [-0.2, 0) is 6.54 Å². The fraction of sp³-hybridized carbons (Fsp3) is 0.462. The van der Waals surface area contributed by atoms with E-state index in [-0.39, 0.29) is 0 Å². The van der Waals surface area contributed by atoms with E-state index < -0.39 is 0 Å². The van der Waals surface area contributed by atoms with Crippen LogP contribution in [0, 0.1) is 12.3 Å². The maximum Gasteiger partial charge on any atom is 0.0246 e. The Morgan fingerprint density at radius 1 is 1.22 bits per heavy atom. The van der Waals surface area contributed by atoms with Gasteiger partial charge in [0.2, 0.25) is 0 Å². The Labute approximate surface area is 167 Å². The molecule has 0 aliphatic carbocycles. The number of nitrogens with zero attached hydrogens (tertiary/aromatic N) is 1. The summed E-state index contributed by atoms with van der Waals surface area (Å²) < 4.78 is 0. The molecule has 1 aliphatic heterocycles. The Morgan fingerprint density at radius 2 is 1.93 bits per heavy atom. The SMILES string of the molecule is C=C(CCC(C)(C)CC)C1=C(/C=C\C)CN(Cc2ccccc2C)CC1=C.